The van der Waals surface area contributed by atoms with E-state index in [0.29, 0.717) is 5.56 Å². The van der Waals surface area contributed by atoms with Crippen LogP contribution in [0.3, 0.4) is 0 Å². The van der Waals surface area contributed by atoms with Gasteiger partial charge in [0.2, 0.25) is 0 Å². The third-order valence-corrected chi connectivity index (χ3v) is 7.55. The average Bonchev–Trinajstić information content (AvgIpc) is 2.85. The third-order valence-electron chi connectivity index (χ3n) is 5.66. The van der Waals surface area contributed by atoms with Gasteiger partial charge in [-0.25, -0.2) is 18.2 Å². The molecule has 36 heavy (non-hydrogen) atoms. The van der Waals surface area contributed by atoms with E-state index < -0.39 is 38.6 Å². The molecule has 4 aromatic rings. The van der Waals surface area contributed by atoms with Gasteiger partial charge in [-0.3, -0.25) is 0 Å². The summed E-state index contributed by atoms with van der Waals surface area (Å²) in [7, 11) is -4.05. The van der Waals surface area contributed by atoms with Gasteiger partial charge < -0.3 is 10.8 Å². The lowest BCUT2D eigenvalue weighted by Crippen LogP contribution is -2.15. The molecule has 0 aliphatic carbocycles. The lowest BCUT2D eigenvalue weighted by molar-refractivity contribution is -0.136. The van der Waals surface area contributed by atoms with Crippen LogP contribution in [0.15, 0.2) is 77.7 Å². The molecule has 0 saturated heterocycles. The SMILES string of the molecule is NCCCS(=O)(=O)c1c(-c2ccccc2)cccc1-c1nc2c(C(F)(F)F)cccc2cc1C(=O)O. The predicted molar refractivity (Wildman–Crippen MR) is 130 cm³/mol. The van der Waals surface area contributed by atoms with Crippen molar-refractivity contribution < 1.29 is 31.5 Å². The fourth-order valence-electron chi connectivity index (χ4n) is 4.07. The Kier molecular flexibility index (Phi) is 6.83. The maximum atomic E-state index is 13.7. The monoisotopic (exact) mass is 514 g/mol. The van der Waals surface area contributed by atoms with E-state index >= 15 is 0 Å². The van der Waals surface area contributed by atoms with Crippen molar-refractivity contribution in [3.05, 3.63) is 83.9 Å². The van der Waals surface area contributed by atoms with Gasteiger partial charge in [-0.2, -0.15) is 13.2 Å². The summed E-state index contributed by atoms with van der Waals surface area (Å²) >= 11 is 0. The molecular formula is C26H21F3N2O4S. The van der Waals surface area contributed by atoms with E-state index in [-0.39, 0.29) is 45.8 Å². The number of para-hydroxylation sites is 1. The number of hydrogen-bond acceptors (Lipinski definition) is 5. The number of aromatic nitrogens is 1. The molecule has 3 N–H and O–H groups in total. The lowest BCUT2D eigenvalue weighted by Gasteiger charge is -2.18. The van der Waals surface area contributed by atoms with Gasteiger partial charge in [0.15, 0.2) is 9.84 Å². The van der Waals surface area contributed by atoms with E-state index in [1.165, 1.54) is 18.2 Å². The maximum Gasteiger partial charge on any atom is 0.418 e. The number of carbonyl (C=O) groups is 1. The Hall–Kier alpha value is -3.76. The van der Waals surface area contributed by atoms with Gasteiger partial charge in [0.25, 0.3) is 0 Å². The van der Waals surface area contributed by atoms with Crippen molar-refractivity contribution in [3.63, 3.8) is 0 Å². The molecule has 0 fully saturated rings. The summed E-state index contributed by atoms with van der Waals surface area (Å²) < 4.78 is 68.3. The Morgan fingerprint density at radius 2 is 1.61 bits per heavy atom. The number of fused-ring (bicyclic) bond motifs is 1. The highest BCUT2D eigenvalue weighted by molar-refractivity contribution is 7.91. The van der Waals surface area contributed by atoms with Crippen molar-refractivity contribution in [1.29, 1.82) is 0 Å². The van der Waals surface area contributed by atoms with Gasteiger partial charge in [0.1, 0.15) is 0 Å². The first-order valence-corrected chi connectivity index (χ1v) is 12.6. The van der Waals surface area contributed by atoms with E-state index in [0.717, 1.165) is 18.2 Å². The molecule has 6 nitrogen and oxygen atoms in total. The number of carboxylic acids is 1. The number of aromatic carboxylic acids is 1. The topological polar surface area (TPSA) is 110 Å². The van der Waals surface area contributed by atoms with Crippen molar-refractivity contribution in [2.75, 3.05) is 12.3 Å². The number of rotatable bonds is 7. The molecule has 186 valence electrons. The molecule has 0 unspecified atom stereocenters. The smallest absolute Gasteiger partial charge is 0.418 e. The van der Waals surface area contributed by atoms with Crippen LogP contribution in [0.5, 0.6) is 0 Å². The van der Waals surface area contributed by atoms with Gasteiger partial charge in [-0.15, -0.1) is 0 Å². The number of carboxylic acid groups (broad SMARTS) is 1. The third kappa shape index (κ3) is 4.82. The van der Waals surface area contributed by atoms with Gasteiger partial charge in [0.05, 0.1) is 33.0 Å². The largest absolute Gasteiger partial charge is 0.478 e. The summed E-state index contributed by atoms with van der Waals surface area (Å²) in [5, 5.41) is 9.88. The highest BCUT2D eigenvalue weighted by Crippen LogP contribution is 2.40. The summed E-state index contributed by atoms with van der Waals surface area (Å²) in [5.74, 6) is -1.78. The molecule has 0 atom stereocenters. The second-order valence-corrected chi connectivity index (χ2v) is 10.1. The Bertz CT molecular complexity index is 1550. The van der Waals surface area contributed by atoms with Crippen LogP contribution in [0, 0.1) is 0 Å². The summed E-state index contributed by atoms with van der Waals surface area (Å²) in [6, 6.07) is 17.4. The Morgan fingerprint density at radius 3 is 2.25 bits per heavy atom. The molecule has 0 radical (unpaired) electrons. The highest BCUT2D eigenvalue weighted by Gasteiger charge is 2.34. The fourth-order valence-corrected chi connectivity index (χ4v) is 5.85. The van der Waals surface area contributed by atoms with Crippen LogP contribution in [0.1, 0.15) is 22.3 Å². The molecule has 0 aliphatic heterocycles. The van der Waals surface area contributed by atoms with E-state index in [1.807, 2.05) is 0 Å². The Morgan fingerprint density at radius 1 is 0.944 bits per heavy atom. The van der Waals surface area contributed by atoms with Gasteiger partial charge in [-0.1, -0.05) is 60.7 Å². The molecule has 10 heteroatoms. The van der Waals surface area contributed by atoms with Gasteiger partial charge in [0, 0.05) is 16.5 Å². The lowest BCUT2D eigenvalue weighted by atomic mass is 9.97. The summed E-state index contributed by atoms with van der Waals surface area (Å²) in [4.78, 5) is 16.1. The zero-order valence-corrected chi connectivity index (χ0v) is 19.6. The van der Waals surface area contributed by atoms with Crippen molar-refractivity contribution in [3.8, 4) is 22.4 Å². The summed E-state index contributed by atoms with van der Waals surface area (Å²) in [6.07, 6.45) is -4.61. The van der Waals surface area contributed by atoms with Crippen LogP contribution >= 0.6 is 0 Å². The molecule has 0 spiro atoms. The molecule has 0 saturated carbocycles. The number of pyridine rings is 1. The fraction of sp³-hybridized carbons (Fsp3) is 0.154. The first kappa shape index (κ1) is 25.3. The van der Waals surface area contributed by atoms with Crippen LogP contribution < -0.4 is 5.73 Å². The quantitative estimate of drug-likeness (QED) is 0.341. The number of benzene rings is 3. The van der Waals surface area contributed by atoms with Gasteiger partial charge >= 0.3 is 12.1 Å². The van der Waals surface area contributed by atoms with Gasteiger partial charge in [-0.05, 0) is 30.7 Å². The van der Waals surface area contributed by atoms with Crippen molar-refractivity contribution in [1.82, 2.24) is 4.98 Å². The normalized spacial score (nSPS) is 12.1. The minimum absolute atomic E-state index is 0.0299. The van der Waals surface area contributed by atoms with E-state index in [1.54, 1.807) is 36.4 Å². The van der Waals surface area contributed by atoms with Crippen LogP contribution in [0.4, 0.5) is 13.2 Å². The molecule has 4 rings (SSSR count). The minimum Gasteiger partial charge on any atom is -0.478 e. The van der Waals surface area contributed by atoms with Crippen LogP contribution in [-0.4, -0.2) is 36.8 Å². The molecule has 0 amide bonds. The van der Waals surface area contributed by atoms with Crippen molar-refractivity contribution in [2.45, 2.75) is 17.5 Å². The molecular weight excluding hydrogens is 493 g/mol. The number of alkyl halides is 3. The van der Waals surface area contributed by atoms with E-state index in [4.69, 9.17) is 5.73 Å². The zero-order chi connectivity index (χ0) is 26.1. The van der Waals surface area contributed by atoms with Crippen molar-refractivity contribution >= 4 is 26.7 Å². The first-order valence-electron chi connectivity index (χ1n) is 10.9. The zero-order valence-electron chi connectivity index (χ0n) is 18.8. The molecule has 0 bridgehead atoms. The Balaban J connectivity index is 2.13. The van der Waals surface area contributed by atoms with Crippen LogP contribution in [0.2, 0.25) is 0 Å². The second-order valence-electron chi connectivity index (χ2n) is 8.07. The first-order chi connectivity index (χ1) is 17.0. The van der Waals surface area contributed by atoms with Crippen molar-refractivity contribution in [2.24, 2.45) is 5.73 Å². The molecule has 1 aromatic heterocycles. The molecule has 1 heterocycles. The van der Waals surface area contributed by atoms with E-state index in [2.05, 4.69) is 4.98 Å². The number of hydrogen-bond donors (Lipinski definition) is 2. The summed E-state index contributed by atoms with van der Waals surface area (Å²) in [5.41, 5.74) is 3.97. The number of nitrogens with zero attached hydrogens (tertiary/aromatic N) is 1. The molecule has 0 aliphatic rings. The average molecular weight is 515 g/mol. The standard InChI is InChI=1S/C26H21F3N2O4S/c27-26(28,29)21-12-4-9-17-15-20(25(32)33)23(31-22(17)21)19-11-5-10-18(16-7-2-1-3-8-16)24(19)36(34,35)14-6-13-30/h1-5,7-12,15H,6,13-14,30H2,(H,32,33). The highest BCUT2D eigenvalue weighted by atomic mass is 32.2. The predicted octanol–water partition coefficient (Wildman–Crippen LogP) is 5.41. The maximum absolute atomic E-state index is 13.7. The number of halogens is 3. The van der Waals surface area contributed by atoms with E-state index in [9.17, 15) is 31.5 Å². The number of nitrogens with two attached hydrogens (primary N) is 1. The van der Waals surface area contributed by atoms with Crippen LogP contribution in [-0.2, 0) is 16.0 Å². The van der Waals surface area contributed by atoms with Crippen LogP contribution in [0.25, 0.3) is 33.3 Å². The summed E-state index contributed by atoms with van der Waals surface area (Å²) in [6.45, 7) is 0.103. The second kappa shape index (κ2) is 9.71. The molecule has 3 aromatic carbocycles. The minimum atomic E-state index is -4.75. The Labute approximate surface area is 205 Å². The number of sulfone groups is 1.